The molecular formula is C5H6F4O2. The second kappa shape index (κ2) is 3.54. The monoisotopic (exact) mass is 174 g/mol. The van der Waals surface area contributed by atoms with Crippen LogP contribution in [-0.4, -0.2) is 18.5 Å². The summed E-state index contributed by atoms with van der Waals surface area (Å²) >= 11 is 0. The summed E-state index contributed by atoms with van der Waals surface area (Å²) in [5, 5.41) is 0. The highest BCUT2D eigenvalue weighted by molar-refractivity contribution is 5.66. The maximum Gasteiger partial charge on any atom is 0.395 e. The quantitative estimate of drug-likeness (QED) is 0.471. The van der Waals surface area contributed by atoms with Crippen LogP contribution in [0.4, 0.5) is 17.6 Å². The molecule has 0 rings (SSSR count). The molecule has 0 aliphatic rings. The van der Waals surface area contributed by atoms with E-state index in [4.69, 9.17) is 0 Å². The van der Waals surface area contributed by atoms with Crippen LogP contribution in [0.3, 0.4) is 0 Å². The lowest BCUT2D eigenvalue weighted by Crippen LogP contribution is -2.20. The Morgan fingerprint density at radius 2 is 2.00 bits per heavy atom. The van der Waals surface area contributed by atoms with Crippen LogP contribution in [0.15, 0.2) is 0 Å². The molecule has 1 unspecified atom stereocenters. The molecule has 0 aromatic carbocycles. The highest BCUT2D eigenvalue weighted by atomic mass is 19.4. The Labute approximate surface area is 60.1 Å². The molecule has 0 heterocycles. The van der Waals surface area contributed by atoms with Crippen molar-refractivity contribution in [2.24, 2.45) is 0 Å². The predicted molar refractivity (Wildman–Crippen MR) is 27.3 cm³/mol. The molecule has 1 atom stereocenters. The Hall–Kier alpha value is -0.810. The van der Waals surface area contributed by atoms with E-state index in [0.29, 0.717) is 0 Å². The molecule has 0 fully saturated rings. The maximum absolute atomic E-state index is 12.0. The van der Waals surface area contributed by atoms with Crippen molar-refractivity contribution in [1.82, 2.24) is 0 Å². The molecule has 0 radical (unpaired) electrons. The van der Waals surface area contributed by atoms with Crippen molar-refractivity contribution in [2.45, 2.75) is 25.9 Å². The van der Waals surface area contributed by atoms with Gasteiger partial charge in [0.25, 0.3) is 0 Å². The zero-order valence-electron chi connectivity index (χ0n) is 5.61. The fraction of sp³-hybridized carbons (Fsp3) is 0.800. The summed E-state index contributed by atoms with van der Waals surface area (Å²) in [5.74, 6) is -1.07. The molecule has 0 N–H and O–H groups in total. The van der Waals surface area contributed by atoms with Crippen molar-refractivity contribution < 1.29 is 27.1 Å². The predicted octanol–water partition coefficient (Wildman–Crippen LogP) is 1.80. The first kappa shape index (κ1) is 10.2. The minimum atomic E-state index is -4.64. The Bertz CT molecular complexity index is 142. The minimum absolute atomic E-state index is 0.836. The molecule has 0 saturated heterocycles. The first-order chi connectivity index (χ1) is 4.81. The molecular weight excluding hydrogens is 168 g/mol. The Balaban J connectivity index is 3.69. The van der Waals surface area contributed by atoms with Crippen LogP contribution < -0.4 is 0 Å². The Kier molecular flexibility index (Phi) is 3.28. The molecule has 0 aromatic heterocycles. The van der Waals surface area contributed by atoms with Crippen LogP contribution in [0.2, 0.25) is 0 Å². The number of hydrogen-bond acceptors (Lipinski definition) is 2. The lowest BCUT2D eigenvalue weighted by molar-refractivity contribution is -0.189. The van der Waals surface area contributed by atoms with Crippen molar-refractivity contribution in [3.8, 4) is 0 Å². The highest BCUT2D eigenvalue weighted by Crippen LogP contribution is 2.23. The summed E-state index contributed by atoms with van der Waals surface area (Å²) in [7, 11) is 0. The van der Waals surface area contributed by atoms with Crippen molar-refractivity contribution in [2.75, 3.05) is 0 Å². The normalized spacial score (nSPS) is 14.3. The molecule has 11 heavy (non-hydrogen) atoms. The van der Waals surface area contributed by atoms with E-state index in [-0.39, 0.29) is 0 Å². The summed E-state index contributed by atoms with van der Waals surface area (Å²) in [5.41, 5.74) is 0. The van der Waals surface area contributed by atoms with E-state index in [2.05, 4.69) is 4.74 Å². The first-order valence-corrected chi connectivity index (χ1v) is 2.69. The molecule has 0 aliphatic heterocycles. The van der Waals surface area contributed by atoms with Gasteiger partial charge in [0, 0.05) is 6.92 Å². The third-order valence-electron chi connectivity index (χ3n) is 0.686. The second-order valence-electron chi connectivity index (χ2n) is 1.84. The molecule has 0 aliphatic carbocycles. The number of hydrogen-bond donors (Lipinski definition) is 0. The van der Waals surface area contributed by atoms with Gasteiger partial charge < -0.3 is 4.74 Å². The molecule has 2 nitrogen and oxygen atoms in total. The maximum atomic E-state index is 12.0. The highest BCUT2D eigenvalue weighted by Gasteiger charge is 2.33. The standard InChI is InChI=1S/C5H6F4O2/c1-3(10)11-4(6)2-5(7,8)9/h4H,2H2,1H3. The van der Waals surface area contributed by atoms with Gasteiger partial charge in [-0.15, -0.1) is 0 Å². The molecule has 0 spiro atoms. The average Bonchev–Trinajstić information content (AvgIpc) is 1.53. The van der Waals surface area contributed by atoms with Gasteiger partial charge in [-0.25, -0.2) is 4.39 Å². The van der Waals surface area contributed by atoms with Gasteiger partial charge in [0.15, 0.2) is 0 Å². The summed E-state index contributed by atoms with van der Waals surface area (Å²) < 4.78 is 49.6. The van der Waals surface area contributed by atoms with Crippen LogP contribution in [0.5, 0.6) is 0 Å². The van der Waals surface area contributed by atoms with E-state index in [1.165, 1.54) is 0 Å². The van der Waals surface area contributed by atoms with Crippen molar-refractivity contribution in [3.05, 3.63) is 0 Å². The number of rotatable bonds is 2. The van der Waals surface area contributed by atoms with Gasteiger partial charge in [-0.05, 0) is 0 Å². The number of halogens is 4. The van der Waals surface area contributed by atoms with E-state index in [9.17, 15) is 22.4 Å². The molecule has 0 aromatic rings. The van der Waals surface area contributed by atoms with E-state index in [1.54, 1.807) is 0 Å². The molecule has 0 saturated carbocycles. The zero-order chi connectivity index (χ0) is 9.07. The molecule has 0 amide bonds. The molecule has 0 bridgehead atoms. The number of ether oxygens (including phenoxy) is 1. The topological polar surface area (TPSA) is 26.3 Å². The van der Waals surface area contributed by atoms with Gasteiger partial charge in [-0.2, -0.15) is 13.2 Å². The van der Waals surface area contributed by atoms with Gasteiger partial charge in [0.05, 0.1) is 0 Å². The summed E-state index contributed by atoms with van der Waals surface area (Å²) in [6.07, 6.45) is -8.99. The third-order valence-corrected chi connectivity index (χ3v) is 0.686. The first-order valence-electron chi connectivity index (χ1n) is 2.69. The summed E-state index contributed by atoms with van der Waals surface area (Å²) in [6.45, 7) is 0.836. The number of alkyl halides is 4. The number of carbonyl (C=O) groups is 1. The van der Waals surface area contributed by atoms with E-state index >= 15 is 0 Å². The van der Waals surface area contributed by atoms with Crippen LogP contribution in [-0.2, 0) is 9.53 Å². The van der Waals surface area contributed by atoms with Crippen LogP contribution >= 0.6 is 0 Å². The van der Waals surface area contributed by atoms with Crippen LogP contribution in [0.1, 0.15) is 13.3 Å². The Morgan fingerprint density at radius 3 is 2.27 bits per heavy atom. The van der Waals surface area contributed by atoms with E-state index in [0.717, 1.165) is 6.92 Å². The van der Waals surface area contributed by atoms with Crippen molar-refractivity contribution in [3.63, 3.8) is 0 Å². The smallest absolute Gasteiger partial charge is 0.395 e. The average molecular weight is 174 g/mol. The van der Waals surface area contributed by atoms with E-state index < -0.39 is 24.9 Å². The van der Waals surface area contributed by atoms with Gasteiger partial charge in [-0.1, -0.05) is 0 Å². The third kappa shape index (κ3) is 7.08. The fourth-order valence-electron chi connectivity index (χ4n) is 0.404. The van der Waals surface area contributed by atoms with Gasteiger partial charge in [-0.3, -0.25) is 4.79 Å². The van der Waals surface area contributed by atoms with Crippen molar-refractivity contribution >= 4 is 5.97 Å². The molecule has 6 heteroatoms. The molecule has 66 valence electrons. The lowest BCUT2D eigenvalue weighted by atomic mass is 10.4. The van der Waals surface area contributed by atoms with Gasteiger partial charge in [0.2, 0.25) is 6.36 Å². The van der Waals surface area contributed by atoms with Crippen LogP contribution in [0, 0.1) is 0 Å². The van der Waals surface area contributed by atoms with Gasteiger partial charge >= 0.3 is 12.1 Å². The zero-order valence-corrected chi connectivity index (χ0v) is 5.61. The summed E-state index contributed by atoms with van der Waals surface area (Å²) in [4.78, 5) is 9.91. The van der Waals surface area contributed by atoms with E-state index in [1.807, 2.05) is 0 Å². The largest absolute Gasteiger partial charge is 0.431 e. The minimum Gasteiger partial charge on any atom is -0.431 e. The number of carbonyl (C=O) groups excluding carboxylic acids is 1. The SMILES string of the molecule is CC(=O)OC(F)CC(F)(F)F. The second-order valence-corrected chi connectivity index (χ2v) is 1.84. The lowest BCUT2D eigenvalue weighted by Gasteiger charge is -2.10. The fourth-order valence-corrected chi connectivity index (χ4v) is 0.404. The summed E-state index contributed by atoms with van der Waals surface area (Å²) in [6, 6.07) is 0. The number of esters is 1. The van der Waals surface area contributed by atoms with Gasteiger partial charge in [0.1, 0.15) is 6.42 Å². The van der Waals surface area contributed by atoms with Crippen LogP contribution in [0.25, 0.3) is 0 Å². The van der Waals surface area contributed by atoms with Crippen molar-refractivity contribution in [1.29, 1.82) is 0 Å². The Morgan fingerprint density at radius 1 is 1.55 bits per heavy atom.